The van der Waals surface area contributed by atoms with Crippen LogP contribution in [0.5, 0.6) is 0 Å². The van der Waals surface area contributed by atoms with E-state index in [2.05, 4.69) is 15.7 Å². The topological polar surface area (TPSA) is 134 Å². The lowest BCUT2D eigenvalue weighted by atomic mass is 9.90. The van der Waals surface area contributed by atoms with Crippen LogP contribution in [0.15, 0.2) is 54.1 Å². The predicted octanol–water partition coefficient (Wildman–Crippen LogP) is 3.23. The summed E-state index contributed by atoms with van der Waals surface area (Å²) in [6, 6.07) is 1.35. The van der Waals surface area contributed by atoms with Crippen molar-refractivity contribution in [1.29, 1.82) is 0 Å². The van der Waals surface area contributed by atoms with E-state index < -0.39 is 72.6 Å². The maximum absolute atomic E-state index is 13.8. The van der Waals surface area contributed by atoms with E-state index in [1.165, 1.54) is 36.1 Å². The van der Waals surface area contributed by atoms with Crippen molar-refractivity contribution in [1.82, 2.24) is 30.2 Å². The van der Waals surface area contributed by atoms with Crippen LogP contribution in [-0.4, -0.2) is 81.5 Å². The molecule has 1 saturated heterocycles. The Morgan fingerprint density at radius 3 is 2.58 bits per heavy atom. The second kappa shape index (κ2) is 11.6. The fourth-order valence-electron chi connectivity index (χ4n) is 5.76. The first-order valence-corrected chi connectivity index (χ1v) is 14.1. The van der Waals surface area contributed by atoms with Gasteiger partial charge >= 0.3 is 12.2 Å². The summed E-state index contributed by atoms with van der Waals surface area (Å²) in [6.45, 7) is 0.859. The second-order valence-corrected chi connectivity index (χ2v) is 11.4. The minimum Gasteiger partial charge on any atom is -0.358 e. The molecule has 11 nitrogen and oxygen atoms in total. The molecular weight excluding hydrogens is 600 g/mol. The molecule has 45 heavy (non-hydrogen) atoms. The molecule has 2 aliphatic carbocycles. The van der Waals surface area contributed by atoms with E-state index in [-0.39, 0.29) is 30.0 Å². The normalized spacial score (nSPS) is 21.8. The number of fused-ring (bicyclic) bond motifs is 2. The third-order valence-corrected chi connectivity index (χ3v) is 8.38. The summed E-state index contributed by atoms with van der Waals surface area (Å²) >= 11 is 0. The highest BCUT2D eigenvalue weighted by atomic mass is 19.4. The number of ketones is 1. The number of urea groups is 1. The molecule has 0 radical (unpaired) electrons. The Kier molecular flexibility index (Phi) is 8.14. The van der Waals surface area contributed by atoms with Gasteiger partial charge in [0.2, 0.25) is 11.8 Å². The average Bonchev–Trinajstić information content (AvgIpc) is 3.63. The van der Waals surface area contributed by atoms with Gasteiger partial charge in [0.05, 0.1) is 6.20 Å². The van der Waals surface area contributed by atoms with Gasteiger partial charge in [-0.05, 0) is 36.6 Å². The van der Waals surface area contributed by atoms with Crippen LogP contribution < -0.4 is 10.6 Å². The zero-order valence-electron chi connectivity index (χ0n) is 24.6. The minimum absolute atomic E-state index is 0.0237. The van der Waals surface area contributed by atoms with Gasteiger partial charge in [-0.1, -0.05) is 30.7 Å². The molecule has 1 aromatic heterocycles. The number of carbonyl (C=O) groups is 5. The van der Waals surface area contributed by atoms with E-state index >= 15 is 0 Å². The lowest BCUT2D eigenvalue weighted by molar-refractivity contribution is -0.185. The molecule has 2 aromatic rings. The molecule has 3 atom stereocenters. The van der Waals surface area contributed by atoms with Crippen LogP contribution in [0.1, 0.15) is 42.6 Å². The molecule has 3 aliphatic rings. The Morgan fingerprint density at radius 2 is 1.91 bits per heavy atom. The van der Waals surface area contributed by atoms with Crippen molar-refractivity contribution in [3.05, 3.63) is 65.3 Å². The van der Waals surface area contributed by atoms with Crippen LogP contribution in [-0.2, 0) is 26.5 Å². The van der Waals surface area contributed by atoms with Gasteiger partial charge in [0.15, 0.2) is 11.3 Å². The van der Waals surface area contributed by atoms with Gasteiger partial charge < -0.3 is 15.5 Å². The SMILES string of the molecule is CNC(=O)Cn1cc(-c2ccc3c(c2)C(=O)C[C@]32NC(=O)N(CC(=O)N(CC3=CC=C(F)C(C)C3)[C@@H](C)C(F)(F)F)C2=O)cn1. The van der Waals surface area contributed by atoms with Crippen LogP contribution in [0, 0.1) is 5.92 Å². The molecule has 2 heterocycles. The Bertz CT molecular complexity index is 1660. The number of imide groups is 1. The van der Waals surface area contributed by atoms with Crippen LogP contribution in [0.2, 0.25) is 0 Å². The van der Waals surface area contributed by atoms with Crippen LogP contribution in [0.25, 0.3) is 11.1 Å². The second-order valence-electron chi connectivity index (χ2n) is 11.4. The van der Waals surface area contributed by atoms with Crippen molar-refractivity contribution in [2.24, 2.45) is 5.92 Å². The zero-order chi connectivity index (χ0) is 32.8. The number of allylic oxidation sites excluding steroid dienone is 3. The van der Waals surface area contributed by atoms with E-state index in [0.717, 1.165) is 13.0 Å². The Hall–Kier alpha value is -4.82. The smallest absolute Gasteiger partial charge is 0.358 e. The standard InChI is InChI=1S/C30H30F4N6O5/c1-16-8-18(4-7-23(16)31)12-39(17(2)30(32,33)34)26(43)15-40-27(44)29(37-28(40)45)10-24(41)21-9-19(5-6-22(21)29)20-11-36-38(13-20)14-25(42)35-3/h4-7,9,11,13,16-17H,8,10,12,14-15H2,1-3H3,(H,35,42)(H,37,45)/t16?,17-,29-/m0/s1. The summed E-state index contributed by atoms with van der Waals surface area (Å²) in [5.74, 6) is -3.81. The molecule has 0 saturated carbocycles. The summed E-state index contributed by atoms with van der Waals surface area (Å²) in [5, 5.41) is 9.12. The number of aromatic nitrogens is 2. The van der Waals surface area contributed by atoms with E-state index in [1.54, 1.807) is 19.2 Å². The molecule has 1 aliphatic heterocycles. The van der Waals surface area contributed by atoms with Crippen molar-refractivity contribution in [2.45, 2.75) is 51.0 Å². The van der Waals surface area contributed by atoms with Crippen LogP contribution >= 0.6 is 0 Å². The van der Waals surface area contributed by atoms with Gasteiger partial charge in [0.25, 0.3) is 5.91 Å². The maximum Gasteiger partial charge on any atom is 0.408 e. The number of hydrogen-bond acceptors (Lipinski definition) is 6. The number of amides is 5. The number of benzene rings is 1. The molecule has 1 aromatic carbocycles. The summed E-state index contributed by atoms with van der Waals surface area (Å²) in [6.07, 6.45) is 0.406. The largest absolute Gasteiger partial charge is 0.408 e. The average molecular weight is 631 g/mol. The summed E-state index contributed by atoms with van der Waals surface area (Å²) < 4.78 is 56.6. The highest BCUT2D eigenvalue weighted by molar-refractivity contribution is 6.17. The van der Waals surface area contributed by atoms with Crippen molar-refractivity contribution in [3.8, 4) is 11.1 Å². The van der Waals surface area contributed by atoms with Crippen LogP contribution in [0.3, 0.4) is 0 Å². The van der Waals surface area contributed by atoms with E-state index in [4.69, 9.17) is 0 Å². The van der Waals surface area contributed by atoms with Crippen molar-refractivity contribution >= 4 is 29.5 Å². The van der Waals surface area contributed by atoms with Gasteiger partial charge in [0.1, 0.15) is 25.0 Å². The molecule has 0 bridgehead atoms. The molecule has 1 fully saturated rings. The molecular formula is C30H30F4N6O5. The quantitative estimate of drug-likeness (QED) is 0.340. The molecule has 5 amide bonds. The number of nitrogens with one attached hydrogen (secondary N) is 2. The number of likely N-dealkylation sites (N-methyl/N-ethyl adjacent to an activating group) is 1. The number of hydrogen-bond donors (Lipinski definition) is 2. The third kappa shape index (κ3) is 5.85. The first-order valence-electron chi connectivity index (χ1n) is 14.1. The lowest BCUT2D eigenvalue weighted by Gasteiger charge is -2.33. The number of rotatable bonds is 8. The Balaban J connectivity index is 1.38. The van der Waals surface area contributed by atoms with Gasteiger partial charge in [0, 0.05) is 43.3 Å². The van der Waals surface area contributed by atoms with Gasteiger partial charge in [-0.3, -0.25) is 28.8 Å². The van der Waals surface area contributed by atoms with E-state index in [1.807, 2.05) is 0 Å². The zero-order valence-corrected chi connectivity index (χ0v) is 24.6. The highest BCUT2D eigenvalue weighted by Gasteiger charge is 2.58. The molecule has 238 valence electrons. The number of nitrogens with zero attached hydrogens (tertiary/aromatic N) is 4. The predicted molar refractivity (Wildman–Crippen MR) is 151 cm³/mol. The van der Waals surface area contributed by atoms with Crippen molar-refractivity contribution < 1.29 is 41.5 Å². The number of alkyl halides is 3. The number of carbonyl (C=O) groups excluding carboxylic acids is 5. The first kappa shape index (κ1) is 31.6. The van der Waals surface area contributed by atoms with Crippen molar-refractivity contribution in [3.63, 3.8) is 0 Å². The minimum atomic E-state index is -4.82. The Morgan fingerprint density at radius 1 is 1.18 bits per heavy atom. The fourth-order valence-corrected chi connectivity index (χ4v) is 5.76. The third-order valence-electron chi connectivity index (χ3n) is 8.38. The summed E-state index contributed by atoms with van der Waals surface area (Å²) in [7, 11) is 1.49. The molecule has 2 N–H and O–H groups in total. The monoisotopic (exact) mass is 630 g/mol. The van der Waals surface area contributed by atoms with Crippen molar-refractivity contribution in [2.75, 3.05) is 20.1 Å². The maximum atomic E-state index is 13.8. The molecule has 1 spiro atoms. The van der Waals surface area contributed by atoms with Gasteiger partial charge in [-0.25, -0.2) is 9.18 Å². The highest BCUT2D eigenvalue weighted by Crippen LogP contribution is 2.43. The molecule has 1 unspecified atom stereocenters. The number of halogens is 4. The van der Waals surface area contributed by atoms with Gasteiger partial charge in [-0.15, -0.1) is 0 Å². The summed E-state index contributed by atoms with van der Waals surface area (Å²) in [4.78, 5) is 65.9. The summed E-state index contributed by atoms with van der Waals surface area (Å²) in [5.41, 5.74) is 0.0492. The number of Topliss-reactive ketones (excluding diaryl/α,β-unsaturated/α-hetero) is 1. The first-order chi connectivity index (χ1) is 21.1. The molecule has 15 heteroatoms. The Labute approximate surface area is 254 Å². The van der Waals surface area contributed by atoms with Gasteiger partial charge in [-0.2, -0.15) is 18.3 Å². The molecule has 5 rings (SSSR count). The van der Waals surface area contributed by atoms with E-state index in [9.17, 15) is 41.5 Å². The van der Waals surface area contributed by atoms with E-state index in [0.29, 0.717) is 26.5 Å². The lowest BCUT2D eigenvalue weighted by Crippen LogP contribution is -2.52. The van der Waals surface area contributed by atoms with Crippen LogP contribution in [0.4, 0.5) is 22.4 Å². The fraction of sp³-hybridized carbons (Fsp3) is 0.400.